The molecule has 0 saturated heterocycles. The summed E-state index contributed by atoms with van der Waals surface area (Å²) in [4.78, 5) is 12.4. The van der Waals surface area contributed by atoms with E-state index in [0.717, 1.165) is 18.3 Å². The molecule has 0 N–H and O–H groups in total. The molecule has 2 heteroatoms. The lowest BCUT2D eigenvalue weighted by Crippen LogP contribution is -2.25. The molecule has 0 aromatic carbocycles. The highest BCUT2D eigenvalue weighted by molar-refractivity contribution is 5.84. The predicted molar refractivity (Wildman–Crippen MR) is 70.9 cm³/mol. The van der Waals surface area contributed by atoms with E-state index in [-0.39, 0.29) is 11.4 Å². The Morgan fingerprint density at radius 3 is 2.56 bits per heavy atom. The van der Waals surface area contributed by atoms with Gasteiger partial charge in [0.25, 0.3) is 0 Å². The van der Waals surface area contributed by atoms with Crippen molar-refractivity contribution in [3.05, 3.63) is 0 Å². The van der Waals surface area contributed by atoms with Crippen LogP contribution in [0.4, 0.5) is 0 Å². The van der Waals surface area contributed by atoms with E-state index in [0.29, 0.717) is 24.4 Å². The van der Waals surface area contributed by atoms with Crippen molar-refractivity contribution in [3.63, 3.8) is 0 Å². The van der Waals surface area contributed by atoms with Crippen molar-refractivity contribution < 1.29 is 9.53 Å². The first kappa shape index (κ1) is 12.5. The zero-order chi connectivity index (χ0) is 12.9. The fourth-order valence-corrected chi connectivity index (χ4v) is 5.38. The summed E-state index contributed by atoms with van der Waals surface area (Å²) in [6.07, 6.45) is 6.01. The van der Waals surface area contributed by atoms with Crippen LogP contribution in [0.1, 0.15) is 52.9 Å². The fraction of sp³-hybridized carbons (Fsp3) is 0.938. The van der Waals surface area contributed by atoms with Crippen molar-refractivity contribution in [2.24, 2.45) is 35.0 Å². The van der Waals surface area contributed by atoms with Crippen molar-refractivity contribution in [3.8, 4) is 0 Å². The van der Waals surface area contributed by atoms with Gasteiger partial charge in [-0.15, -0.1) is 0 Å². The number of unbranched alkanes of at least 4 members (excludes halogenated alkanes) is 3. The van der Waals surface area contributed by atoms with Crippen LogP contribution < -0.4 is 0 Å². The Hall–Kier alpha value is -0.530. The van der Waals surface area contributed by atoms with Crippen LogP contribution in [0.5, 0.6) is 0 Å². The van der Waals surface area contributed by atoms with Crippen LogP contribution in [0.2, 0.25) is 0 Å². The van der Waals surface area contributed by atoms with Crippen molar-refractivity contribution in [2.75, 3.05) is 6.61 Å². The van der Waals surface area contributed by atoms with Crippen LogP contribution in [-0.4, -0.2) is 12.6 Å². The highest BCUT2D eigenvalue weighted by atomic mass is 16.5. The van der Waals surface area contributed by atoms with Crippen LogP contribution in [-0.2, 0) is 9.53 Å². The lowest BCUT2D eigenvalue weighted by molar-refractivity contribution is -0.152. The predicted octanol–water partition coefficient (Wildman–Crippen LogP) is 3.65. The summed E-state index contributed by atoms with van der Waals surface area (Å²) in [7, 11) is 0. The summed E-state index contributed by atoms with van der Waals surface area (Å²) in [6, 6.07) is 0. The minimum atomic E-state index is -0.0329. The van der Waals surface area contributed by atoms with Gasteiger partial charge in [0, 0.05) is 0 Å². The van der Waals surface area contributed by atoms with Crippen LogP contribution in [0.25, 0.3) is 0 Å². The second-order valence-electron chi connectivity index (χ2n) is 6.81. The van der Waals surface area contributed by atoms with Crippen LogP contribution >= 0.6 is 0 Å². The zero-order valence-electron chi connectivity index (χ0n) is 11.9. The number of carbonyl (C=O) groups is 1. The number of esters is 1. The van der Waals surface area contributed by atoms with Gasteiger partial charge < -0.3 is 4.74 Å². The second-order valence-corrected chi connectivity index (χ2v) is 6.81. The molecule has 0 radical (unpaired) electrons. The van der Waals surface area contributed by atoms with Gasteiger partial charge in [0.15, 0.2) is 0 Å². The van der Waals surface area contributed by atoms with Crippen molar-refractivity contribution in [1.29, 1.82) is 0 Å². The third-order valence-corrected chi connectivity index (χ3v) is 6.24. The molecule has 4 rings (SSSR count). The average molecular weight is 250 g/mol. The van der Waals surface area contributed by atoms with E-state index in [9.17, 15) is 4.79 Å². The first-order valence-corrected chi connectivity index (χ1v) is 7.82. The Balaban J connectivity index is 1.53. The maximum atomic E-state index is 12.4. The minimum absolute atomic E-state index is 0.0329. The Kier molecular flexibility index (Phi) is 2.95. The molecule has 0 amide bonds. The molecule has 0 heterocycles. The zero-order valence-corrected chi connectivity index (χ0v) is 11.9. The topological polar surface area (TPSA) is 26.3 Å². The molecule has 6 unspecified atom stereocenters. The van der Waals surface area contributed by atoms with Crippen LogP contribution in [0.3, 0.4) is 0 Å². The monoisotopic (exact) mass is 250 g/mol. The number of hydrogen-bond acceptors (Lipinski definition) is 2. The van der Waals surface area contributed by atoms with E-state index in [1.54, 1.807) is 0 Å². The molecule has 0 aliphatic heterocycles. The van der Waals surface area contributed by atoms with E-state index in [4.69, 9.17) is 4.74 Å². The molecule has 0 spiro atoms. The molecule has 18 heavy (non-hydrogen) atoms. The summed E-state index contributed by atoms with van der Waals surface area (Å²) in [5.74, 6) is 3.63. The average Bonchev–Trinajstić information content (AvgIpc) is 2.65. The molecular formula is C16H26O2. The van der Waals surface area contributed by atoms with Crippen molar-refractivity contribution in [2.45, 2.75) is 52.9 Å². The Morgan fingerprint density at radius 2 is 2.06 bits per heavy atom. The molecule has 4 aliphatic rings. The van der Waals surface area contributed by atoms with E-state index < -0.39 is 0 Å². The molecular weight excluding hydrogens is 224 g/mol. The number of carbonyl (C=O) groups excluding carboxylic acids is 1. The first-order chi connectivity index (χ1) is 8.65. The number of ether oxygens (including phenoxy) is 1. The van der Waals surface area contributed by atoms with Gasteiger partial charge in [0.2, 0.25) is 0 Å². The van der Waals surface area contributed by atoms with Crippen LogP contribution in [0.15, 0.2) is 0 Å². The summed E-state index contributed by atoms with van der Waals surface area (Å²) < 4.78 is 5.59. The van der Waals surface area contributed by atoms with E-state index in [2.05, 4.69) is 20.8 Å². The van der Waals surface area contributed by atoms with Gasteiger partial charge in [-0.3, -0.25) is 4.79 Å². The highest BCUT2D eigenvalue weighted by Crippen LogP contribution is 2.83. The smallest absolute Gasteiger partial charge is 0.312 e. The van der Waals surface area contributed by atoms with E-state index >= 15 is 0 Å². The third-order valence-electron chi connectivity index (χ3n) is 6.24. The molecule has 4 saturated carbocycles. The standard InChI is InChI=1S/C16H26O2/c1-4-5-6-7-8-18-15(17)16-11(3)12-9-13(16)14(16)10(12)2/h10-14H,4-9H2,1-3H3. The highest BCUT2D eigenvalue weighted by Gasteiger charge is 2.84. The Labute approximate surface area is 110 Å². The van der Waals surface area contributed by atoms with Gasteiger partial charge in [-0.25, -0.2) is 0 Å². The lowest BCUT2D eigenvalue weighted by Gasteiger charge is -2.18. The number of rotatable bonds is 6. The molecule has 0 aromatic heterocycles. The maximum absolute atomic E-state index is 12.4. The van der Waals surface area contributed by atoms with E-state index in [1.807, 2.05) is 0 Å². The Morgan fingerprint density at radius 1 is 1.28 bits per heavy atom. The fourth-order valence-electron chi connectivity index (χ4n) is 5.38. The summed E-state index contributed by atoms with van der Waals surface area (Å²) in [5.41, 5.74) is -0.0329. The third kappa shape index (κ3) is 1.38. The first-order valence-electron chi connectivity index (χ1n) is 7.82. The summed E-state index contributed by atoms with van der Waals surface area (Å²) >= 11 is 0. The largest absolute Gasteiger partial charge is 0.465 e. The van der Waals surface area contributed by atoms with Crippen LogP contribution in [0, 0.1) is 35.0 Å². The van der Waals surface area contributed by atoms with Crippen molar-refractivity contribution >= 4 is 5.97 Å². The maximum Gasteiger partial charge on any atom is 0.312 e. The second kappa shape index (κ2) is 4.25. The molecule has 0 aromatic rings. The van der Waals surface area contributed by atoms with Gasteiger partial charge in [-0.05, 0) is 42.4 Å². The number of hydrogen-bond donors (Lipinski definition) is 0. The lowest BCUT2D eigenvalue weighted by atomic mass is 9.90. The van der Waals surface area contributed by atoms with Gasteiger partial charge in [-0.2, -0.15) is 0 Å². The summed E-state index contributed by atoms with van der Waals surface area (Å²) in [6.45, 7) is 7.47. The summed E-state index contributed by atoms with van der Waals surface area (Å²) in [5, 5.41) is 0. The van der Waals surface area contributed by atoms with Gasteiger partial charge >= 0.3 is 5.97 Å². The van der Waals surface area contributed by atoms with Gasteiger partial charge in [0.1, 0.15) is 0 Å². The van der Waals surface area contributed by atoms with Gasteiger partial charge in [0.05, 0.1) is 12.0 Å². The molecule has 102 valence electrons. The molecule has 6 atom stereocenters. The van der Waals surface area contributed by atoms with Crippen molar-refractivity contribution in [1.82, 2.24) is 0 Å². The minimum Gasteiger partial charge on any atom is -0.465 e. The SMILES string of the molecule is CCCCCCOC(=O)C12C(C)C3CC1C2C3C. The quantitative estimate of drug-likeness (QED) is 0.531. The molecule has 4 bridgehead atoms. The van der Waals surface area contributed by atoms with E-state index in [1.165, 1.54) is 25.7 Å². The molecule has 4 aliphatic carbocycles. The Bertz CT molecular complexity index is 347. The molecule has 4 fully saturated rings. The van der Waals surface area contributed by atoms with Gasteiger partial charge in [-0.1, -0.05) is 40.0 Å². The normalized spacial score (nSPS) is 47.4. The molecule has 2 nitrogen and oxygen atoms in total.